The van der Waals surface area contributed by atoms with Crippen LogP contribution in [0.2, 0.25) is 0 Å². The van der Waals surface area contributed by atoms with Gasteiger partial charge in [0.2, 0.25) is 10.0 Å². The molecular weight excluding hydrogens is 290 g/mol. The lowest BCUT2D eigenvalue weighted by Crippen LogP contribution is -2.39. The molecule has 1 aliphatic carbocycles. The van der Waals surface area contributed by atoms with Crippen LogP contribution in [0.15, 0.2) is 17.2 Å². The Labute approximate surface area is 124 Å². The summed E-state index contributed by atoms with van der Waals surface area (Å²) in [5.74, 6) is 0.833. The minimum Gasteiger partial charge on any atom is -0.299 e. The van der Waals surface area contributed by atoms with Gasteiger partial charge in [0.1, 0.15) is 0 Å². The van der Waals surface area contributed by atoms with E-state index < -0.39 is 10.0 Å². The van der Waals surface area contributed by atoms with Crippen molar-refractivity contribution in [2.24, 2.45) is 5.92 Å². The lowest BCUT2D eigenvalue weighted by atomic mass is 9.98. The largest absolute Gasteiger partial charge is 0.299 e. The van der Waals surface area contributed by atoms with Crippen molar-refractivity contribution in [1.29, 1.82) is 0 Å². The molecule has 21 heavy (non-hydrogen) atoms. The Morgan fingerprint density at radius 3 is 2.43 bits per heavy atom. The van der Waals surface area contributed by atoms with E-state index in [9.17, 15) is 13.2 Å². The summed E-state index contributed by atoms with van der Waals surface area (Å²) in [6.07, 6.45) is 6.77. The summed E-state index contributed by atoms with van der Waals surface area (Å²) in [4.78, 5) is 16.5. The maximum Gasteiger partial charge on any atom is 0.253 e. The zero-order valence-electron chi connectivity index (χ0n) is 12.2. The minimum atomic E-state index is -3.09. The van der Waals surface area contributed by atoms with Crippen LogP contribution < -0.4 is 5.56 Å². The van der Waals surface area contributed by atoms with Gasteiger partial charge >= 0.3 is 0 Å². The van der Waals surface area contributed by atoms with Crippen molar-refractivity contribution in [2.45, 2.75) is 38.1 Å². The Balaban J connectivity index is 1.62. The van der Waals surface area contributed by atoms with Crippen LogP contribution in [-0.2, 0) is 16.6 Å². The van der Waals surface area contributed by atoms with Crippen LogP contribution in [0.5, 0.6) is 0 Å². The molecule has 0 bridgehead atoms. The van der Waals surface area contributed by atoms with Gasteiger partial charge in [-0.15, -0.1) is 0 Å². The van der Waals surface area contributed by atoms with Gasteiger partial charge in [0.05, 0.1) is 18.3 Å². The highest BCUT2D eigenvalue weighted by Gasteiger charge is 2.27. The molecule has 0 atom stereocenters. The molecule has 2 aliphatic rings. The van der Waals surface area contributed by atoms with E-state index in [0.29, 0.717) is 31.5 Å². The number of hydrogen-bond donors (Lipinski definition) is 0. The monoisotopic (exact) mass is 311 g/mol. The van der Waals surface area contributed by atoms with Gasteiger partial charge < -0.3 is 0 Å². The van der Waals surface area contributed by atoms with E-state index in [-0.39, 0.29) is 5.56 Å². The van der Waals surface area contributed by atoms with Gasteiger partial charge in [0.15, 0.2) is 0 Å². The van der Waals surface area contributed by atoms with E-state index in [1.165, 1.54) is 10.6 Å². The SMILES string of the molecule is CS(=O)(=O)N1CCC(Cn2cnc(C3CC3)cc2=O)CC1. The molecule has 1 aromatic heterocycles. The molecule has 0 radical (unpaired) electrons. The molecule has 1 aliphatic heterocycles. The summed E-state index contributed by atoms with van der Waals surface area (Å²) >= 11 is 0. The molecule has 0 aromatic carbocycles. The Morgan fingerprint density at radius 1 is 1.24 bits per heavy atom. The molecule has 3 rings (SSSR count). The minimum absolute atomic E-state index is 0.0115. The zero-order chi connectivity index (χ0) is 15.0. The number of aromatic nitrogens is 2. The van der Waals surface area contributed by atoms with Crippen LogP contribution in [0.25, 0.3) is 0 Å². The van der Waals surface area contributed by atoms with Gasteiger partial charge in [0.25, 0.3) is 5.56 Å². The summed E-state index contributed by atoms with van der Waals surface area (Å²) in [6, 6.07) is 1.66. The van der Waals surface area contributed by atoms with Gasteiger partial charge in [-0.3, -0.25) is 9.36 Å². The van der Waals surface area contributed by atoms with Crippen molar-refractivity contribution in [3.63, 3.8) is 0 Å². The van der Waals surface area contributed by atoms with E-state index in [1.807, 2.05) is 0 Å². The predicted molar refractivity (Wildman–Crippen MR) is 79.6 cm³/mol. The summed E-state index contributed by atoms with van der Waals surface area (Å²) in [6.45, 7) is 1.73. The number of piperidine rings is 1. The van der Waals surface area contributed by atoms with Gasteiger partial charge in [-0.2, -0.15) is 0 Å². The quantitative estimate of drug-likeness (QED) is 0.824. The van der Waals surface area contributed by atoms with E-state index in [1.54, 1.807) is 17.0 Å². The highest BCUT2D eigenvalue weighted by Crippen LogP contribution is 2.38. The second-order valence-electron chi connectivity index (χ2n) is 6.18. The molecule has 0 N–H and O–H groups in total. The third kappa shape index (κ3) is 3.52. The zero-order valence-corrected chi connectivity index (χ0v) is 13.1. The van der Waals surface area contributed by atoms with Gasteiger partial charge in [-0.25, -0.2) is 17.7 Å². The van der Waals surface area contributed by atoms with E-state index in [4.69, 9.17) is 0 Å². The van der Waals surface area contributed by atoms with Crippen LogP contribution >= 0.6 is 0 Å². The third-order valence-corrected chi connectivity index (χ3v) is 5.70. The van der Waals surface area contributed by atoms with Crippen LogP contribution in [0.1, 0.15) is 37.3 Å². The molecule has 0 spiro atoms. The second kappa shape index (κ2) is 5.53. The number of sulfonamides is 1. The lowest BCUT2D eigenvalue weighted by Gasteiger charge is -2.30. The molecule has 0 unspecified atom stereocenters. The van der Waals surface area contributed by atoms with Crippen LogP contribution in [0.3, 0.4) is 0 Å². The molecule has 0 amide bonds. The van der Waals surface area contributed by atoms with Crippen LogP contribution in [0, 0.1) is 5.92 Å². The smallest absolute Gasteiger partial charge is 0.253 e. The Kier molecular flexibility index (Phi) is 3.88. The average molecular weight is 311 g/mol. The van der Waals surface area contributed by atoms with Gasteiger partial charge in [0, 0.05) is 31.6 Å². The molecule has 2 heterocycles. The summed E-state index contributed by atoms with van der Waals surface area (Å²) < 4.78 is 26.1. The normalized spacial score (nSPS) is 21.6. The molecule has 116 valence electrons. The number of nitrogens with zero attached hydrogens (tertiary/aromatic N) is 3. The summed E-state index contributed by atoms with van der Waals surface area (Å²) in [7, 11) is -3.09. The molecule has 6 nitrogen and oxygen atoms in total. The second-order valence-corrected chi connectivity index (χ2v) is 8.17. The molecule has 1 saturated carbocycles. The van der Waals surface area contributed by atoms with Crippen molar-refractivity contribution >= 4 is 10.0 Å². The Bertz CT molecular complexity index is 671. The average Bonchev–Trinajstić information content (AvgIpc) is 3.25. The Morgan fingerprint density at radius 2 is 1.90 bits per heavy atom. The Hall–Kier alpha value is -1.21. The molecule has 7 heteroatoms. The third-order valence-electron chi connectivity index (χ3n) is 4.39. The first-order valence-electron chi connectivity index (χ1n) is 7.45. The maximum absolute atomic E-state index is 12.1. The molecule has 2 fully saturated rings. The molecule has 1 aromatic rings. The standard InChI is InChI=1S/C14H21N3O3S/c1-21(19,20)17-6-4-11(5-7-17)9-16-10-15-13(8-14(16)18)12-2-3-12/h8,10-12H,2-7,9H2,1H3. The topological polar surface area (TPSA) is 72.3 Å². The maximum atomic E-state index is 12.1. The van der Waals surface area contributed by atoms with Crippen molar-refractivity contribution < 1.29 is 8.42 Å². The van der Waals surface area contributed by atoms with Crippen molar-refractivity contribution in [3.05, 3.63) is 28.4 Å². The highest BCUT2D eigenvalue weighted by atomic mass is 32.2. The van der Waals surface area contributed by atoms with Crippen molar-refractivity contribution in [2.75, 3.05) is 19.3 Å². The predicted octanol–water partition coefficient (Wildman–Crippen LogP) is 0.792. The number of hydrogen-bond acceptors (Lipinski definition) is 4. The van der Waals surface area contributed by atoms with Crippen LogP contribution in [-0.4, -0.2) is 41.6 Å². The number of rotatable bonds is 4. The fourth-order valence-corrected chi connectivity index (χ4v) is 3.76. The van der Waals surface area contributed by atoms with E-state index >= 15 is 0 Å². The van der Waals surface area contributed by atoms with E-state index in [0.717, 1.165) is 31.4 Å². The van der Waals surface area contributed by atoms with Gasteiger partial charge in [-0.05, 0) is 31.6 Å². The fourth-order valence-electron chi connectivity index (χ4n) is 2.88. The summed E-state index contributed by atoms with van der Waals surface area (Å²) in [5.41, 5.74) is 0.931. The molecule has 1 saturated heterocycles. The van der Waals surface area contributed by atoms with Crippen molar-refractivity contribution in [3.8, 4) is 0 Å². The molecular formula is C14H21N3O3S. The van der Waals surface area contributed by atoms with Crippen molar-refractivity contribution in [1.82, 2.24) is 13.9 Å². The van der Waals surface area contributed by atoms with Gasteiger partial charge in [-0.1, -0.05) is 0 Å². The van der Waals surface area contributed by atoms with E-state index in [2.05, 4.69) is 4.98 Å². The van der Waals surface area contributed by atoms with Crippen LogP contribution in [0.4, 0.5) is 0 Å². The highest BCUT2D eigenvalue weighted by molar-refractivity contribution is 7.88. The summed E-state index contributed by atoms with van der Waals surface area (Å²) in [5, 5.41) is 0. The first-order valence-corrected chi connectivity index (χ1v) is 9.30. The first kappa shape index (κ1) is 14.7. The lowest BCUT2D eigenvalue weighted by molar-refractivity contribution is 0.251. The fraction of sp³-hybridized carbons (Fsp3) is 0.714. The first-order chi connectivity index (χ1) is 9.93.